The molecule has 7 heteroatoms. The van der Waals surface area contributed by atoms with Gasteiger partial charge < -0.3 is 10.6 Å². The fraction of sp³-hybridized carbons (Fsp3) is 0.176. The van der Waals surface area contributed by atoms with E-state index in [9.17, 15) is 14.5 Å². The number of nitrogens with one attached hydrogen (secondary N) is 2. The van der Waals surface area contributed by atoms with E-state index in [0.717, 1.165) is 0 Å². The van der Waals surface area contributed by atoms with Gasteiger partial charge in [0.1, 0.15) is 11.9 Å². The summed E-state index contributed by atoms with van der Waals surface area (Å²) >= 11 is 6.17. The number of nitro groups is 1. The van der Waals surface area contributed by atoms with E-state index in [1.165, 1.54) is 6.07 Å². The lowest BCUT2D eigenvalue weighted by atomic mass is 10.1. The number of benzene rings is 2. The van der Waals surface area contributed by atoms with Crippen LogP contribution in [0.3, 0.4) is 0 Å². The molecule has 24 heavy (non-hydrogen) atoms. The summed E-state index contributed by atoms with van der Waals surface area (Å²) in [6.45, 7) is 5.61. The van der Waals surface area contributed by atoms with E-state index in [1.807, 2.05) is 0 Å². The van der Waals surface area contributed by atoms with Crippen LogP contribution in [0.5, 0.6) is 0 Å². The molecule has 3 rings (SSSR count). The van der Waals surface area contributed by atoms with Crippen molar-refractivity contribution in [2.24, 2.45) is 0 Å². The van der Waals surface area contributed by atoms with Crippen LogP contribution in [0.15, 0.2) is 36.4 Å². The lowest BCUT2D eigenvalue weighted by Gasteiger charge is -2.19. The molecule has 0 bridgehead atoms. The highest BCUT2D eigenvalue weighted by Gasteiger charge is 2.32. The van der Waals surface area contributed by atoms with E-state index in [0.29, 0.717) is 32.4 Å². The van der Waals surface area contributed by atoms with Crippen molar-refractivity contribution in [1.29, 1.82) is 0 Å². The molecule has 0 aromatic heterocycles. The third-order valence-electron chi connectivity index (χ3n) is 4.03. The summed E-state index contributed by atoms with van der Waals surface area (Å²) < 4.78 is 14.3. The Labute approximate surface area is 142 Å². The van der Waals surface area contributed by atoms with Crippen molar-refractivity contribution >= 4 is 29.6 Å². The van der Waals surface area contributed by atoms with Crippen molar-refractivity contribution in [1.82, 2.24) is 5.32 Å². The largest absolute Gasteiger partial charge is 0.373 e. The summed E-state index contributed by atoms with van der Waals surface area (Å²) in [6.07, 6.45) is -1.08. The minimum atomic E-state index is -1.08. The Kier molecular flexibility index (Phi) is 4.15. The fourth-order valence-electron chi connectivity index (χ4n) is 2.80. The maximum Gasteiger partial charge on any atom is 0.304 e. The van der Waals surface area contributed by atoms with Crippen LogP contribution in [-0.4, -0.2) is 17.1 Å². The molecule has 2 aromatic carbocycles. The van der Waals surface area contributed by atoms with E-state index in [2.05, 4.69) is 17.2 Å². The number of hydrogen-bond acceptors (Lipinski definition) is 4. The highest BCUT2D eigenvalue weighted by atomic mass is 35.5. The standard InChI is InChI=1S/C17H15ClFN3O2/c1-9-12(18)7-8-14-15(9)16(11-5-3-4-6-13(11)19)20-10(2)17(21-14)22(23)24/h3-8,10,17,20-21H,1H2,2H3. The predicted molar refractivity (Wildman–Crippen MR) is 92.1 cm³/mol. The summed E-state index contributed by atoms with van der Waals surface area (Å²) in [7, 11) is 0. The highest BCUT2D eigenvalue weighted by molar-refractivity contribution is 6.30. The molecule has 0 fully saturated rings. The Hall–Kier alpha value is -2.60. The van der Waals surface area contributed by atoms with Crippen LogP contribution >= 0.6 is 11.6 Å². The number of halogens is 2. The number of anilines is 1. The van der Waals surface area contributed by atoms with Crippen molar-refractivity contribution in [3.63, 3.8) is 0 Å². The van der Waals surface area contributed by atoms with Crippen LogP contribution in [0, 0.1) is 15.9 Å². The molecule has 5 nitrogen and oxygen atoms in total. The number of hydrogen-bond donors (Lipinski definition) is 2. The average molecular weight is 348 g/mol. The molecular formula is C17H15ClFN3O2. The van der Waals surface area contributed by atoms with Crippen molar-refractivity contribution in [2.75, 3.05) is 5.32 Å². The van der Waals surface area contributed by atoms with E-state index in [1.54, 1.807) is 37.3 Å². The summed E-state index contributed by atoms with van der Waals surface area (Å²) in [4.78, 5) is 11.0. The monoisotopic (exact) mass is 347 g/mol. The van der Waals surface area contributed by atoms with Crippen molar-refractivity contribution in [3.05, 3.63) is 73.4 Å². The van der Waals surface area contributed by atoms with Gasteiger partial charge in [0.25, 0.3) is 0 Å². The smallest absolute Gasteiger partial charge is 0.304 e. The molecule has 2 unspecified atom stereocenters. The van der Waals surface area contributed by atoms with Gasteiger partial charge in [-0.15, -0.1) is 0 Å². The Balaban J connectivity index is 2.37. The third kappa shape index (κ3) is 2.69. The zero-order chi connectivity index (χ0) is 17.4. The molecule has 2 atom stereocenters. The molecule has 0 amide bonds. The Morgan fingerprint density at radius 1 is 1.25 bits per heavy atom. The predicted octanol–water partition coefficient (Wildman–Crippen LogP) is 2.05. The van der Waals surface area contributed by atoms with Gasteiger partial charge in [0.2, 0.25) is 0 Å². The van der Waals surface area contributed by atoms with Gasteiger partial charge in [-0.05, 0) is 36.4 Å². The summed E-state index contributed by atoms with van der Waals surface area (Å²) in [5, 5.41) is 18.7. The molecule has 0 spiro atoms. The zero-order valence-electron chi connectivity index (χ0n) is 12.8. The SMILES string of the molecule is C=c1c(Cl)ccc2c1=C(c1ccccc1F)NC(C)C([N+](=O)[O-])N2. The van der Waals surface area contributed by atoms with Gasteiger partial charge in [-0.3, -0.25) is 10.1 Å². The molecule has 1 heterocycles. The second kappa shape index (κ2) is 6.13. The highest BCUT2D eigenvalue weighted by Crippen LogP contribution is 2.19. The van der Waals surface area contributed by atoms with E-state index in [4.69, 9.17) is 11.6 Å². The summed E-state index contributed by atoms with van der Waals surface area (Å²) in [6, 6.07) is 8.91. The van der Waals surface area contributed by atoms with Crippen LogP contribution in [-0.2, 0) is 0 Å². The van der Waals surface area contributed by atoms with Crippen LogP contribution < -0.4 is 21.1 Å². The van der Waals surface area contributed by atoms with Gasteiger partial charge in [0.15, 0.2) is 0 Å². The minimum absolute atomic E-state index is 0.309. The lowest BCUT2D eigenvalue weighted by molar-refractivity contribution is -0.518. The summed E-state index contributed by atoms with van der Waals surface area (Å²) in [5.74, 6) is -0.433. The molecule has 1 aliphatic rings. The molecule has 1 aliphatic heterocycles. The Morgan fingerprint density at radius 2 is 1.96 bits per heavy atom. The maximum atomic E-state index is 14.3. The average Bonchev–Trinajstić information content (AvgIpc) is 2.68. The topological polar surface area (TPSA) is 67.2 Å². The Bertz CT molecular complexity index is 932. The minimum Gasteiger partial charge on any atom is -0.373 e. The molecule has 0 saturated heterocycles. The van der Waals surface area contributed by atoms with Crippen LogP contribution in [0.25, 0.3) is 12.3 Å². The molecule has 2 N–H and O–H groups in total. The van der Waals surface area contributed by atoms with Crippen LogP contribution in [0.1, 0.15) is 12.5 Å². The second-order valence-electron chi connectivity index (χ2n) is 5.61. The van der Waals surface area contributed by atoms with Crippen molar-refractivity contribution in [3.8, 4) is 0 Å². The first-order valence-corrected chi connectivity index (χ1v) is 7.71. The van der Waals surface area contributed by atoms with E-state index < -0.39 is 22.9 Å². The van der Waals surface area contributed by atoms with Crippen molar-refractivity contribution < 1.29 is 9.31 Å². The lowest BCUT2D eigenvalue weighted by Crippen LogP contribution is -2.45. The van der Waals surface area contributed by atoms with Crippen LogP contribution in [0.4, 0.5) is 10.1 Å². The van der Waals surface area contributed by atoms with E-state index in [-0.39, 0.29) is 0 Å². The second-order valence-corrected chi connectivity index (χ2v) is 6.02. The quantitative estimate of drug-likeness (QED) is 0.644. The first-order valence-electron chi connectivity index (χ1n) is 7.33. The maximum absolute atomic E-state index is 14.3. The van der Waals surface area contributed by atoms with Gasteiger partial charge in [-0.25, -0.2) is 4.39 Å². The normalized spacial score (nSPS) is 19.7. The first kappa shape index (κ1) is 16.3. The molecule has 2 aromatic rings. The van der Waals surface area contributed by atoms with Gasteiger partial charge in [0.05, 0.1) is 5.70 Å². The van der Waals surface area contributed by atoms with Crippen molar-refractivity contribution in [2.45, 2.75) is 19.1 Å². The van der Waals surface area contributed by atoms with Gasteiger partial charge in [0, 0.05) is 26.4 Å². The van der Waals surface area contributed by atoms with Crippen LogP contribution in [0.2, 0.25) is 5.02 Å². The van der Waals surface area contributed by atoms with E-state index >= 15 is 0 Å². The molecule has 124 valence electrons. The van der Waals surface area contributed by atoms with Gasteiger partial charge in [-0.1, -0.05) is 30.3 Å². The molecular weight excluding hydrogens is 333 g/mol. The third-order valence-corrected chi connectivity index (χ3v) is 4.38. The fourth-order valence-corrected chi connectivity index (χ4v) is 2.96. The molecule has 0 radical (unpaired) electrons. The summed E-state index contributed by atoms with van der Waals surface area (Å²) in [5.41, 5.74) is 1.23. The number of fused-ring (bicyclic) bond motifs is 1. The first-order chi connectivity index (χ1) is 11.4. The number of nitrogens with zero attached hydrogens (tertiary/aromatic N) is 1. The molecule has 0 saturated carbocycles. The number of rotatable bonds is 2. The van der Waals surface area contributed by atoms with Gasteiger partial charge in [-0.2, -0.15) is 0 Å². The van der Waals surface area contributed by atoms with Gasteiger partial charge >= 0.3 is 6.17 Å². The zero-order valence-corrected chi connectivity index (χ0v) is 13.6. The molecule has 0 aliphatic carbocycles. The Morgan fingerprint density at radius 3 is 2.62 bits per heavy atom.